The van der Waals surface area contributed by atoms with Crippen LogP contribution in [0.5, 0.6) is 17.2 Å². The maximum atomic E-state index is 13.6. The van der Waals surface area contributed by atoms with Gasteiger partial charge >= 0.3 is 0 Å². The van der Waals surface area contributed by atoms with Crippen molar-refractivity contribution in [1.29, 1.82) is 0 Å². The number of ketones is 1. The van der Waals surface area contributed by atoms with Crippen molar-refractivity contribution in [1.82, 2.24) is 0 Å². The van der Waals surface area contributed by atoms with E-state index in [-0.39, 0.29) is 38.4 Å². The number of ether oxygens (including phenoxy) is 3. The van der Waals surface area contributed by atoms with Gasteiger partial charge in [0.15, 0.2) is 11.5 Å². The van der Waals surface area contributed by atoms with Crippen LogP contribution < -0.4 is 19.1 Å². The highest BCUT2D eigenvalue weighted by molar-refractivity contribution is 6.52. The van der Waals surface area contributed by atoms with Crippen molar-refractivity contribution in [2.45, 2.75) is 6.04 Å². The molecule has 1 unspecified atom stereocenters. The molecule has 7 nitrogen and oxygen atoms in total. The van der Waals surface area contributed by atoms with Crippen molar-refractivity contribution in [3.63, 3.8) is 0 Å². The lowest BCUT2D eigenvalue weighted by atomic mass is 9.94. The Hall–Kier alpha value is -3.75. The average Bonchev–Trinajstić information content (AvgIpc) is 3.14. The summed E-state index contributed by atoms with van der Waals surface area (Å²) >= 11 is 12.7. The molecular weight excluding hydrogens is 512 g/mol. The fraction of sp³-hybridized carbons (Fsp3) is 0.154. The molecule has 0 radical (unpaired) electrons. The molecule has 1 fully saturated rings. The second kappa shape index (κ2) is 10.1. The summed E-state index contributed by atoms with van der Waals surface area (Å²) in [6.07, 6.45) is 0. The average molecular weight is 532 g/mol. The third-order valence-electron chi connectivity index (χ3n) is 5.78. The first-order valence-corrected chi connectivity index (χ1v) is 11.3. The molecule has 186 valence electrons. The molecule has 1 amide bonds. The van der Waals surface area contributed by atoms with Crippen LogP contribution in [0, 0.1) is 5.82 Å². The number of anilines is 1. The molecule has 1 atom stereocenters. The highest BCUT2D eigenvalue weighted by atomic mass is 35.5. The Balaban J connectivity index is 2.00. The van der Waals surface area contributed by atoms with Crippen LogP contribution >= 0.6 is 23.2 Å². The Morgan fingerprint density at radius 2 is 1.53 bits per heavy atom. The van der Waals surface area contributed by atoms with Crippen molar-refractivity contribution in [2.24, 2.45) is 0 Å². The fourth-order valence-electron chi connectivity index (χ4n) is 4.09. The molecule has 0 spiro atoms. The SMILES string of the molecule is COc1ccc(C2/C(=C(\O)c3cc(Cl)c(OC)c(Cl)c3OC)C(=O)C(=O)N2c2ccc(F)cc2)cc1. The van der Waals surface area contributed by atoms with E-state index in [4.69, 9.17) is 37.4 Å². The summed E-state index contributed by atoms with van der Waals surface area (Å²) in [4.78, 5) is 27.8. The van der Waals surface area contributed by atoms with Crippen LogP contribution in [-0.2, 0) is 9.59 Å². The van der Waals surface area contributed by atoms with Gasteiger partial charge in [-0.05, 0) is 48.0 Å². The van der Waals surface area contributed by atoms with Crippen molar-refractivity contribution in [3.8, 4) is 17.2 Å². The Kier molecular flexibility index (Phi) is 7.10. The third-order valence-corrected chi connectivity index (χ3v) is 6.40. The van der Waals surface area contributed by atoms with Crippen molar-refractivity contribution in [2.75, 3.05) is 26.2 Å². The quantitative estimate of drug-likeness (QED) is 0.246. The monoisotopic (exact) mass is 531 g/mol. The molecular formula is C26H20Cl2FNO6. The zero-order valence-corrected chi connectivity index (χ0v) is 20.9. The summed E-state index contributed by atoms with van der Waals surface area (Å²) in [6, 6.07) is 12.0. The highest BCUT2D eigenvalue weighted by Crippen LogP contribution is 2.48. The lowest BCUT2D eigenvalue weighted by molar-refractivity contribution is -0.132. The molecule has 1 aliphatic heterocycles. The molecule has 0 bridgehead atoms. The van der Waals surface area contributed by atoms with Gasteiger partial charge in [0.05, 0.1) is 43.5 Å². The summed E-state index contributed by atoms with van der Waals surface area (Å²) in [6.45, 7) is 0. The Morgan fingerprint density at radius 1 is 0.917 bits per heavy atom. The van der Waals surface area contributed by atoms with Gasteiger partial charge < -0.3 is 19.3 Å². The Morgan fingerprint density at radius 3 is 2.08 bits per heavy atom. The van der Waals surface area contributed by atoms with E-state index in [2.05, 4.69) is 0 Å². The van der Waals surface area contributed by atoms with E-state index in [1.807, 2.05) is 0 Å². The van der Waals surface area contributed by atoms with E-state index in [1.54, 1.807) is 24.3 Å². The van der Waals surface area contributed by atoms with Crippen LogP contribution in [0.25, 0.3) is 5.76 Å². The van der Waals surface area contributed by atoms with Gasteiger partial charge in [0.1, 0.15) is 22.3 Å². The molecule has 3 aromatic carbocycles. The van der Waals surface area contributed by atoms with Gasteiger partial charge in [0.25, 0.3) is 11.7 Å². The summed E-state index contributed by atoms with van der Waals surface area (Å²) in [5.74, 6) is -2.27. The number of nitrogens with zero attached hydrogens (tertiary/aromatic N) is 1. The first kappa shape index (κ1) is 25.3. The number of carbonyl (C=O) groups is 2. The maximum absolute atomic E-state index is 13.6. The minimum atomic E-state index is -1.06. The molecule has 36 heavy (non-hydrogen) atoms. The number of aliphatic hydroxyl groups excluding tert-OH is 1. The minimum absolute atomic E-state index is 0.00289. The molecule has 3 aromatic rings. The largest absolute Gasteiger partial charge is 0.507 e. The van der Waals surface area contributed by atoms with Gasteiger partial charge in [-0.2, -0.15) is 0 Å². The van der Waals surface area contributed by atoms with E-state index in [9.17, 15) is 19.1 Å². The van der Waals surface area contributed by atoms with Crippen LogP contribution in [0.3, 0.4) is 0 Å². The van der Waals surface area contributed by atoms with E-state index in [1.165, 1.54) is 56.6 Å². The predicted octanol–water partition coefficient (Wildman–Crippen LogP) is 5.78. The lowest BCUT2D eigenvalue weighted by Gasteiger charge is -2.26. The normalized spacial score (nSPS) is 16.8. The number of hydrogen-bond acceptors (Lipinski definition) is 6. The smallest absolute Gasteiger partial charge is 0.300 e. The van der Waals surface area contributed by atoms with E-state index < -0.39 is 29.3 Å². The zero-order chi connectivity index (χ0) is 26.1. The van der Waals surface area contributed by atoms with Gasteiger partial charge in [-0.3, -0.25) is 14.5 Å². The third kappa shape index (κ3) is 4.23. The van der Waals surface area contributed by atoms with Crippen LogP contribution in [0.4, 0.5) is 10.1 Å². The Bertz CT molecular complexity index is 1370. The molecule has 1 saturated heterocycles. The van der Waals surface area contributed by atoms with Gasteiger partial charge in [-0.15, -0.1) is 0 Å². The predicted molar refractivity (Wildman–Crippen MR) is 134 cm³/mol. The van der Waals surface area contributed by atoms with E-state index >= 15 is 0 Å². The van der Waals surface area contributed by atoms with Crippen LogP contribution in [-0.4, -0.2) is 38.1 Å². The topological polar surface area (TPSA) is 85.3 Å². The minimum Gasteiger partial charge on any atom is -0.507 e. The molecule has 10 heteroatoms. The number of halogens is 3. The summed E-state index contributed by atoms with van der Waals surface area (Å²) in [5.41, 5.74) is 0.510. The fourth-order valence-corrected chi connectivity index (χ4v) is 4.78. The van der Waals surface area contributed by atoms with Crippen LogP contribution in [0.15, 0.2) is 60.2 Å². The number of aliphatic hydroxyl groups is 1. The molecule has 1 aliphatic rings. The van der Waals surface area contributed by atoms with E-state index in [0.29, 0.717) is 11.3 Å². The number of rotatable bonds is 6. The highest BCUT2D eigenvalue weighted by Gasteiger charge is 2.47. The molecule has 0 aliphatic carbocycles. The number of carbonyl (C=O) groups excluding carboxylic acids is 2. The molecule has 0 saturated carbocycles. The molecule has 1 N–H and O–H groups in total. The van der Waals surface area contributed by atoms with Gasteiger partial charge in [0.2, 0.25) is 0 Å². The van der Waals surface area contributed by atoms with Crippen molar-refractivity contribution in [3.05, 3.63) is 87.2 Å². The summed E-state index contributed by atoms with van der Waals surface area (Å²) < 4.78 is 29.4. The van der Waals surface area contributed by atoms with Crippen LogP contribution in [0.1, 0.15) is 17.2 Å². The summed E-state index contributed by atoms with van der Waals surface area (Å²) in [7, 11) is 4.19. The molecule has 4 rings (SSSR count). The van der Waals surface area contributed by atoms with Crippen LogP contribution in [0.2, 0.25) is 10.0 Å². The van der Waals surface area contributed by atoms with Crippen molar-refractivity contribution >= 4 is 46.3 Å². The van der Waals surface area contributed by atoms with Gasteiger partial charge in [-0.25, -0.2) is 4.39 Å². The van der Waals surface area contributed by atoms with E-state index in [0.717, 1.165) is 0 Å². The second-order valence-corrected chi connectivity index (χ2v) is 8.49. The number of methoxy groups -OCH3 is 3. The number of hydrogen-bond donors (Lipinski definition) is 1. The first-order chi connectivity index (χ1) is 17.2. The standard InChI is InChI=1S/C26H20Cl2FNO6/c1-34-16-10-4-13(5-11-16)21-19(23(32)26(33)30(21)15-8-6-14(29)7-9-15)22(31)17-12-18(27)25(36-3)20(28)24(17)35-2/h4-12,21,31H,1-3H3/b22-19+. The summed E-state index contributed by atoms with van der Waals surface area (Å²) in [5, 5.41) is 11.5. The maximum Gasteiger partial charge on any atom is 0.300 e. The van der Waals surface area contributed by atoms with Crippen molar-refractivity contribution < 1.29 is 33.3 Å². The van der Waals surface area contributed by atoms with Gasteiger partial charge in [0, 0.05) is 5.69 Å². The lowest BCUT2D eigenvalue weighted by Crippen LogP contribution is -2.29. The number of Topliss-reactive ketones (excluding diaryl/α,β-unsaturated/α-hetero) is 1. The Labute approximate surface area is 216 Å². The molecule has 0 aromatic heterocycles. The number of amides is 1. The molecule has 1 heterocycles. The first-order valence-electron chi connectivity index (χ1n) is 10.5. The second-order valence-electron chi connectivity index (χ2n) is 7.71. The van der Waals surface area contributed by atoms with Gasteiger partial charge in [-0.1, -0.05) is 35.3 Å². The zero-order valence-electron chi connectivity index (χ0n) is 19.3. The number of benzene rings is 3.